The topological polar surface area (TPSA) is 47.6 Å². The van der Waals surface area contributed by atoms with E-state index in [4.69, 9.17) is 4.74 Å². The van der Waals surface area contributed by atoms with Crippen LogP contribution in [0.3, 0.4) is 0 Å². The van der Waals surface area contributed by atoms with Gasteiger partial charge in [0.05, 0.1) is 19.9 Å². The second kappa shape index (κ2) is 6.73. The minimum absolute atomic E-state index is 0.252. The second-order valence-electron chi connectivity index (χ2n) is 3.45. The molecule has 0 aliphatic carbocycles. The molecule has 0 saturated carbocycles. The van der Waals surface area contributed by atoms with Crippen LogP contribution in [0.5, 0.6) is 5.75 Å². The van der Waals surface area contributed by atoms with Gasteiger partial charge in [0.1, 0.15) is 11.6 Å². The van der Waals surface area contributed by atoms with E-state index in [-0.39, 0.29) is 11.8 Å². The number of nitrogens with one attached hydrogen (secondary N) is 1. The third-order valence-electron chi connectivity index (χ3n) is 2.26. The molecule has 1 rings (SSSR count). The normalized spacial score (nSPS) is 9.82. The zero-order chi connectivity index (χ0) is 12.7. The van der Waals surface area contributed by atoms with E-state index in [1.807, 2.05) is 0 Å². The van der Waals surface area contributed by atoms with E-state index in [1.54, 1.807) is 6.07 Å². The van der Waals surface area contributed by atoms with Crippen LogP contribution in [0.4, 0.5) is 10.1 Å². The lowest BCUT2D eigenvalue weighted by molar-refractivity contribution is -0.140. The smallest absolute Gasteiger partial charge is 0.305 e. The molecule has 0 saturated heterocycles. The molecule has 94 valence electrons. The van der Waals surface area contributed by atoms with Gasteiger partial charge in [0.25, 0.3) is 0 Å². The van der Waals surface area contributed by atoms with E-state index in [9.17, 15) is 9.18 Å². The van der Waals surface area contributed by atoms with E-state index in [0.29, 0.717) is 30.8 Å². The van der Waals surface area contributed by atoms with E-state index >= 15 is 0 Å². The molecule has 1 aromatic carbocycles. The zero-order valence-electron chi connectivity index (χ0n) is 9.96. The molecule has 0 heterocycles. The van der Waals surface area contributed by atoms with Crippen molar-refractivity contribution in [3.63, 3.8) is 0 Å². The predicted molar refractivity (Wildman–Crippen MR) is 62.7 cm³/mol. The number of carbonyl (C=O) groups excluding carboxylic acids is 1. The van der Waals surface area contributed by atoms with Gasteiger partial charge in [-0.2, -0.15) is 0 Å². The Hall–Kier alpha value is -1.78. The van der Waals surface area contributed by atoms with Gasteiger partial charge in [-0.25, -0.2) is 4.39 Å². The van der Waals surface area contributed by atoms with Crippen LogP contribution in [0.1, 0.15) is 12.8 Å². The Morgan fingerprint density at radius 1 is 1.41 bits per heavy atom. The van der Waals surface area contributed by atoms with Crippen LogP contribution in [0, 0.1) is 5.82 Å². The monoisotopic (exact) mass is 241 g/mol. The fourth-order valence-electron chi connectivity index (χ4n) is 1.38. The molecule has 17 heavy (non-hydrogen) atoms. The number of methoxy groups -OCH3 is 2. The number of ether oxygens (including phenoxy) is 2. The van der Waals surface area contributed by atoms with Crippen molar-refractivity contribution >= 4 is 11.7 Å². The van der Waals surface area contributed by atoms with Gasteiger partial charge in [-0.05, 0) is 18.6 Å². The van der Waals surface area contributed by atoms with Crippen LogP contribution in [0.25, 0.3) is 0 Å². The van der Waals surface area contributed by atoms with Crippen LogP contribution < -0.4 is 10.1 Å². The van der Waals surface area contributed by atoms with E-state index < -0.39 is 0 Å². The number of benzene rings is 1. The molecule has 0 spiro atoms. The van der Waals surface area contributed by atoms with E-state index in [2.05, 4.69) is 10.1 Å². The summed E-state index contributed by atoms with van der Waals surface area (Å²) in [6.07, 6.45) is 0.952. The predicted octanol–water partition coefficient (Wildman–Crippen LogP) is 2.20. The highest BCUT2D eigenvalue weighted by Gasteiger charge is 2.04. The molecule has 0 radical (unpaired) electrons. The number of rotatable bonds is 6. The summed E-state index contributed by atoms with van der Waals surface area (Å²) < 4.78 is 22.6. The molecule has 4 nitrogen and oxygen atoms in total. The van der Waals surface area contributed by atoms with Crippen LogP contribution in [-0.2, 0) is 9.53 Å². The van der Waals surface area contributed by atoms with Crippen LogP contribution in [-0.4, -0.2) is 26.7 Å². The summed E-state index contributed by atoms with van der Waals surface area (Å²) in [7, 11) is 2.87. The number of hydrogen-bond donors (Lipinski definition) is 1. The number of halogens is 1. The molecule has 0 atom stereocenters. The molecular weight excluding hydrogens is 225 g/mol. The van der Waals surface area contributed by atoms with Gasteiger partial charge in [-0.1, -0.05) is 0 Å². The highest BCUT2D eigenvalue weighted by molar-refractivity contribution is 5.69. The van der Waals surface area contributed by atoms with Crippen molar-refractivity contribution in [2.45, 2.75) is 12.8 Å². The summed E-state index contributed by atoms with van der Waals surface area (Å²) in [5.74, 6) is -0.0104. The third kappa shape index (κ3) is 4.30. The van der Waals surface area contributed by atoms with Crippen LogP contribution in [0.2, 0.25) is 0 Å². The van der Waals surface area contributed by atoms with E-state index in [1.165, 1.54) is 26.4 Å². The quantitative estimate of drug-likeness (QED) is 0.612. The highest BCUT2D eigenvalue weighted by atomic mass is 19.1. The first kappa shape index (κ1) is 13.3. The molecule has 0 aromatic heterocycles. The fourth-order valence-corrected chi connectivity index (χ4v) is 1.38. The molecule has 0 bridgehead atoms. The van der Waals surface area contributed by atoms with Crippen molar-refractivity contribution in [2.75, 3.05) is 26.1 Å². The Morgan fingerprint density at radius 2 is 2.18 bits per heavy atom. The molecule has 1 N–H and O–H groups in total. The van der Waals surface area contributed by atoms with Gasteiger partial charge in [-0.15, -0.1) is 0 Å². The summed E-state index contributed by atoms with van der Waals surface area (Å²) in [5, 5.41) is 3.01. The Morgan fingerprint density at radius 3 is 2.82 bits per heavy atom. The molecule has 0 fully saturated rings. The Balaban J connectivity index is 2.45. The van der Waals surface area contributed by atoms with Crippen molar-refractivity contribution in [1.29, 1.82) is 0 Å². The minimum Gasteiger partial charge on any atom is -0.495 e. The zero-order valence-corrected chi connectivity index (χ0v) is 9.96. The first-order valence-corrected chi connectivity index (χ1v) is 5.31. The maximum absolute atomic E-state index is 13.0. The van der Waals surface area contributed by atoms with Crippen LogP contribution in [0.15, 0.2) is 18.2 Å². The lowest BCUT2D eigenvalue weighted by Gasteiger charge is -2.10. The average molecular weight is 241 g/mol. The van der Waals surface area contributed by atoms with Crippen molar-refractivity contribution < 1.29 is 18.7 Å². The van der Waals surface area contributed by atoms with Gasteiger partial charge >= 0.3 is 5.97 Å². The van der Waals surface area contributed by atoms with Gasteiger partial charge in [-0.3, -0.25) is 4.79 Å². The SMILES string of the molecule is COC(=O)CCCNc1cc(F)ccc1OC. The number of esters is 1. The Labute approximate surface area is 99.7 Å². The molecule has 5 heteroatoms. The maximum Gasteiger partial charge on any atom is 0.305 e. The molecule has 0 aliphatic rings. The largest absolute Gasteiger partial charge is 0.495 e. The average Bonchev–Trinajstić information content (AvgIpc) is 2.34. The van der Waals surface area contributed by atoms with Crippen molar-refractivity contribution in [2.24, 2.45) is 0 Å². The first-order valence-electron chi connectivity index (χ1n) is 5.31. The fraction of sp³-hybridized carbons (Fsp3) is 0.417. The molecule has 0 aliphatic heterocycles. The molecule has 1 aromatic rings. The standard InChI is InChI=1S/C12H16FNO3/c1-16-11-6-5-9(13)8-10(11)14-7-3-4-12(15)17-2/h5-6,8,14H,3-4,7H2,1-2H3. The van der Waals surface area contributed by atoms with Gasteiger partial charge in [0.2, 0.25) is 0 Å². The lowest BCUT2D eigenvalue weighted by Crippen LogP contribution is -2.07. The summed E-state index contributed by atoms with van der Waals surface area (Å²) in [6, 6.07) is 4.24. The maximum atomic E-state index is 13.0. The minimum atomic E-state index is -0.332. The highest BCUT2D eigenvalue weighted by Crippen LogP contribution is 2.24. The first-order chi connectivity index (χ1) is 8.17. The molecule has 0 unspecified atom stereocenters. The van der Waals surface area contributed by atoms with Gasteiger partial charge in [0.15, 0.2) is 0 Å². The van der Waals surface area contributed by atoms with Crippen molar-refractivity contribution in [3.05, 3.63) is 24.0 Å². The number of anilines is 1. The number of carbonyl (C=O) groups is 1. The van der Waals surface area contributed by atoms with Crippen molar-refractivity contribution in [3.8, 4) is 5.75 Å². The second-order valence-corrected chi connectivity index (χ2v) is 3.45. The summed E-state index contributed by atoms with van der Waals surface area (Å²) in [4.78, 5) is 10.9. The summed E-state index contributed by atoms with van der Waals surface area (Å²) in [5.41, 5.74) is 0.581. The van der Waals surface area contributed by atoms with Crippen molar-refractivity contribution in [1.82, 2.24) is 0 Å². The Bertz CT molecular complexity index is 382. The van der Waals surface area contributed by atoms with Crippen LogP contribution >= 0.6 is 0 Å². The Kier molecular flexibility index (Phi) is 5.26. The third-order valence-corrected chi connectivity index (χ3v) is 2.26. The summed E-state index contributed by atoms with van der Waals surface area (Å²) in [6.45, 7) is 0.551. The number of hydrogen-bond acceptors (Lipinski definition) is 4. The van der Waals surface area contributed by atoms with Gasteiger partial charge < -0.3 is 14.8 Å². The van der Waals surface area contributed by atoms with Gasteiger partial charge in [0, 0.05) is 19.0 Å². The summed E-state index contributed by atoms with van der Waals surface area (Å²) >= 11 is 0. The lowest BCUT2D eigenvalue weighted by atomic mass is 10.2. The molecular formula is C12H16FNO3. The van der Waals surface area contributed by atoms with E-state index in [0.717, 1.165) is 0 Å². The molecule has 0 amide bonds.